The zero-order valence-electron chi connectivity index (χ0n) is 11.8. The van der Waals surface area contributed by atoms with Crippen molar-refractivity contribution in [2.75, 3.05) is 6.54 Å². The van der Waals surface area contributed by atoms with Gasteiger partial charge in [0.2, 0.25) is 0 Å². The lowest BCUT2D eigenvalue weighted by atomic mass is 9.97. The smallest absolute Gasteiger partial charge is 0.128 e. The van der Waals surface area contributed by atoms with Gasteiger partial charge in [-0.15, -0.1) is 0 Å². The van der Waals surface area contributed by atoms with Crippen molar-refractivity contribution in [1.82, 2.24) is 5.32 Å². The first kappa shape index (κ1) is 15.2. The summed E-state index contributed by atoms with van der Waals surface area (Å²) in [5.41, 5.74) is 3.16. The van der Waals surface area contributed by atoms with Gasteiger partial charge in [-0.25, -0.2) is 4.39 Å². The second-order valence-electron chi connectivity index (χ2n) is 4.97. The minimum atomic E-state index is -0.160. The summed E-state index contributed by atoms with van der Waals surface area (Å²) in [6.45, 7) is 4.92. The summed E-state index contributed by atoms with van der Waals surface area (Å²) in [4.78, 5) is 0. The zero-order valence-corrected chi connectivity index (χ0v) is 13.4. The molecule has 1 nitrogen and oxygen atoms in total. The van der Waals surface area contributed by atoms with E-state index in [1.54, 1.807) is 6.07 Å². The minimum absolute atomic E-state index is 0.0145. The number of nitrogens with one attached hydrogen (secondary N) is 1. The molecule has 0 bridgehead atoms. The third kappa shape index (κ3) is 3.90. The molecule has 0 fully saturated rings. The Morgan fingerprint density at radius 2 is 2.00 bits per heavy atom. The molecule has 1 unspecified atom stereocenters. The fraction of sp³-hybridized carbons (Fsp3) is 0.294. The molecule has 0 saturated heterocycles. The van der Waals surface area contributed by atoms with Gasteiger partial charge in [0.05, 0.1) is 0 Å². The fourth-order valence-electron chi connectivity index (χ4n) is 2.39. The standard InChI is InChI=1S/C17H19BrFN/c1-3-20-17(10-13-6-4-5-12(2)9-13)15-11-14(18)7-8-16(15)19/h4-9,11,17,20H,3,10H2,1-2H3. The van der Waals surface area contributed by atoms with Crippen molar-refractivity contribution < 1.29 is 4.39 Å². The summed E-state index contributed by atoms with van der Waals surface area (Å²) in [5.74, 6) is -0.160. The normalized spacial score (nSPS) is 12.4. The summed E-state index contributed by atoms with van der Waals surface area (Å²) in [5, 5.41) is 3.37. The molecule has 0 aliphatic carbocycles. The molecule has 3 heteroatoms. The lowest BCUT2D eigenvalue weighted by molar-refractivity contribution is 0.509. The maximum absolute atomic E-state index is 14.1. The van der Waals surface area contributed by atoms with Crippen molar-refractivity contribution in [2.45, 2.75) is 26.3 Å². The van der Waals surface area contributed by atoms with Gasteiger partial charge in [0, 0.05) is 16.1 Å². The molecule has 0 spiro atoms. The van der Waals surface area contributed by atoms with Crippen molar-refractivity contribution >= 4 is 15.9 Å². The van der Waals surface area contributed by atoms with Crippen LogP contribution in [0.25, 0.3) is 0 Å². The van der Waals surface area contributed by atoms with Crippen LogP contribution in [0.1, 0.15) is 29.7 Å². The van der Waals surface area contributed by atoms with Crippen LogP contribution in [0, 0.1) is 12.7 Å². The van der Waals surface area contributed by atoms with E-state index in [4.69, 9.17) is 0 Å². The molecule has 0 aliphatic heterocycles. The number of hydrogen-bond donors (Lipinski definition) is 1. The summed E-state index contributed by atoms with van der Waals surface area (Å²) in [6, 6.07) is 13.5. The van der Waals surface area contributed by atoms with Crippen molar-refractivity contribution in [2.24, 2.45) is 0 Å². The monoisotopic (exact) mass is 335 g/mol. The summed E-state index contributed by atoms with van der Waals surface area (Å²) >= 11 is 3.42. The van der Waals surface area contributed by atoms with Gasteiger partial charge in [0.15, 0.2) is 0 Å². The predicted octanol–water partition coefficient (Wildman–Crippen LogP) is 4.79. The Balaban J connectivity index is 2.29. The van der Waals surface area contributed by atoms with E-state index in [1.165, 1.54) is 17.2 Å². The molecule has 0 aromatic heterocycles. The van der Waals surface area contributed by atoms with Crippen molar-refractivity contribution in [3.8, 4) is 0 Å². The number of aryl methyl sites for hydroxylation is 1. The summed E-state index contributed by atoms with van der Waals surface area (Å²) < 4.78 is 15.0. The molecule has 0 radical (unpaired) electrons. The minimum Gasteiger partial charge on any atom is -0.310 e. The molecular formula is C17H19BrFN. The fourth-order valence-corrected chi connectivity index (χ4v) is 2.77. The number of likely N-dealkylation sites (N-methyl/N-ethyl adjacent to an activating group) is 1. The van der Waals surface area contributed by atoms with Crippen LogP contribution in [-0.4, -0.2) is 6.54 Å². The number of hydrogen-bond acceptors (Lipinski definition) is 1. The van der Waals surface area contributed by atoms with E-state index in [1.807, 2.05) is 19.1 Å². The Labute approximate surface area is 128 Å². The lowest BCUT2D eigenvalue weighted by Gasteiger charge is -2.19. The first-order valence-corrected chi connectivity index (χ1v) is 7.63. The maximum atomic E-state index is 14.1. The van der Waals surface area contributed by atoms with Crippen LogP contribution in [0.4, 0.5) is 4.39 Å². The van der Waals surface area contributed by atoms with E-state index in [-0.39, 0.29) is 11.9 Å². The van der Waals surface area contributed by atoms with E-state index in [9.17, 15) is 4.39 Å². The molecule has 0 heterocycles. The quantitative estimate of drug-likeness (QED) is 0.828. The van der Waals surface area contributed by atoms with Crippen LogP contribution in [0.15, 0.2) is 46.9 Å². The molecule has 0 amide bonds. The van der Waals surface area contributed by atoms with Crippen molar-refractivity contribution in [3.05, 3.63) is 69.4 Å². The van der Waals surface area contributed by atoms with Gasteiger partial charge in [0.1, 0.15) is 5.82 Å². The van der Waals surface area contributed by atoms with Gasteiger partial charge in [-0.2, -0.15) is 0 Å². The molecule has 1 atom stereocenters. The highest BCUT2D eigenvalue weighted by molar-refractivity contribution is 9.10. The third-order valence-electron chi connectivity index (χ3n) is 3.31. The number of halogens is 2. The zero-order chi connectivity index (χ0) is 14.5. The highest BCUT2D eigenvalue weighted by Gasteiger charge is 2.16. The lowest BCUT2D eigenvalue weighted by Crippen LogP contribution is -2.24. The number of rotatable bonds is 5. The maximum Gasteiger partial charge on any atom is 0.128 e. The molecule has 2 aromatic rings. The first-order valence-electron chi connectivity index (χ1n) is 6.84. The highest BCUT2D eigenvalue weighted by atomic mass is 79.9. The third-order valence-corrected chi connectivity index (χ3v) is 3.80. The van der Waals surface area contributed by atoms with E-state index in [0.717, 1.165) is 17.4 Å². The molecule has 2 aromatic carbocycles. The van der Waals surface area contributed by atoms with Crippen molar-refractivity contribution in [1.29, 1.82) is 0 Å². The van der Waals surface area contributed by atoms with E-state index >= 15 is 0 Å². The Morgan fingerprint density at radius 3 is 2.70 bits per heavy atom. The average molecular weight is 336 g/mol. The second-order valence-corrected chi connectivity index (χ2v) is 5.88. The van der Waals surface area contributed by atoms with Crippen LogP contribution >= 0.6 is 15.9 Å². The molecule has 0 saturated carbocycles. The Kier molecular flexibility index (Phi) is 5.32. The molecular weight excluding hydrogens is 317 g/mol. The van der Waals surface area contributed by atoms with Crippen LogP contribution in [-0.2, 0) is 6.42 Å². The van der Waals surface area contributed by atoms with Crippen LogP contribution < -0.4 is 5.32 Å². The van der Waals surface area contributed by atoms with Gasteiger partial charge < -0.3 is 5.32 Å². The predicted molar refractivity (Wildman–Crippen MR) is 85.4 cm³/mol. The van der Waals surface area contributed by atoms with Crippen LogP contribution in [0.2, 0.25) is 0 Å². The van der Waals surface area contributed by atoms with Crippen LogP contribution in [0.3, 0.4) is 0 Å². The van der Waals surface area contributed by atoms with E-state index < -0.39 is 0 Å². The molecule has 2 rings (SSSR count). The van der Waals surface area contributed by atoms with Gasteiger partial charge in [0.25, 0.3) is 0 Å². The van der Waals surface area contributed by atoms with Gasteiger partial charge in [-0.05, 0) is 43.7 Å². The van der Waals surface area contributed by atoms with Gasteiger partial charge in [-0.3, -0.25) is 0 Å². The van der Waals surface area contributed by atoms with E-state index in [2.05, 4.69) is 46.4 Å². The van der Waals surface area contributed by atoms with E-state index in [0.29, 0.717) is 5.56 Å². The van der Waals surface area contributed by atoms with Gasteiger partial charge >= 0.3 is 0 Å². The van der Waals surface area contributed by atoms with Crippen molar-refractivity contribution in [3.63, 3.8) is 0 Å². The largest absolute Gasteiger partial charge is 0.310 e. The second kappa shape index (κ2) is 7.00. The average Bonchev–Trinajstić information content (AvgIpc) is 2.41. The summed E-state index contributed by atoms with van der Waals surface area (Å²) in [6.07, 6.45) is 0.781. The topological polar surface area (TPSA) is 12.0 Å². The molecule has 1 N–H and O–H groups in total. The Hall–Kier alpha value is -1.19. The number of benzene rings is 2. The highest BCUT2D eigenvalue weighted by Crippen LogP contribution is 2.25. The Morgan fingerprint density at radius 1 is 1.20 bits per heavy atom. The Bertz CT molecular complexity index is 583. The molecule has 106 valence electrons. The molecule has 20 heavy (non-hydrogen) atoms. The van der Waals surface area contributed by atoms with Gasteiger partial charge in [-0.1, -0.05) is 52.7 Å². The SMILES string of the molecule is CCNC(Cc1cccc(C)c1)c1cc(Br)ccc1F. The molecule has 0 aliphatic rings. The first-order chi connectivity index (χ1) is 9.60. The van der Waals surface area contributed by atoms with Crippen LogP contribution in [0.5, 0.6) is 0 Å². The summed E-state index contributed by atoms with van der Waals surface area (Å²) in [7, 11) is 0.